The molecule has 0 fully saturated rings. The van der Waals surface area contributed by atoms with Crippen LogP contribution in [0.3, 0.4) is 0 Å². The van der Waals surface area contributed by atoms with Crippen molar-refractivity contribution in [2.75, 3.05) is 17.7 Å². The van der Waals surface area contributed by atoms with Gasteiger partial charge >= 0.3 is 12.6 Å². The molecule has 0 saturated heterocycles. The molecule has 0 bridgehead atoms. The van der Waals surface area contributed by atoms with Gasteiger partial charge < -0.3 is 20.1 Å². The third-order valence-corrected chi connectivity index (χ3v) is 4.47. The zero-order chi connectivity index (χ0) is 21.8. The molecule has 0 aromatic carbocycles. The Hall–Kier alpha value is -2.82. The van der Waals surface area contributed by atoms with Crippen LogP contribution in [-0.4, -0.2) is 34.7 Å². The lowest BCUT2D eigenvalue weighted by Gasteiger charge is -2.18. The maximum atomic E-state index is 12.5. The first-order valence-electron chi connectivity index (χ1n) is 8.44. The van der Waals surface area contributed by atoms with Crippen LogP contribution < -0.4 is 15.4 Å². The molecule has 0 aliphatic rings. The van der Waals surface area contributed by atoms with E-state index in [2.05, 4.69) is 30.3 Å². The quantitative estimate of drug-likeness (QED) is 0.488. The first kappa shape index (κ1) is 21.9. The number of aromatic nitrogens is 3. The molecule has 1 atom stereocenters. The number of carbonyl (C=O) groups is 1. The minimum Gasteiger partial charge on any atom is -0.415 e. The Morgan fingerprint density at radius 3 is 2.60 bits per heavy atom. The highest BCUT2D eigenvalue weighted by atomic mass is 35.5. The van der Waals surface area contributed by atoms with Crippen molar-refractivity contribution in [1.82, 2.24) is 15.0 Å². The van der Waals surface area contributed by atoms with Crippen LogP contribution in [0.1, 0.15) is 18.6 Å². The Balaban J connectivity index is 1.85. The van der Waals surface area contributed by atoms with E-state index < -0.39 is 24.6 Å². The minimum absolute atomic E-state index is 0.162. The molecule has 0 aliphatic carbocycles. The highest BCUT2D eigenvalue weighted by molar-refractivity contribution is 6.32. The largest absolute Gasteiger partial charge is 0.415 e. The number of methoxy groups -OCH3 is 1. The van der Waals surface area contributed by atoms with E-state index in [1.807, 2.05) is 0 Å². The van der Waals surface area contributed by atoms with Gasteiger partial charge in [-0.2, -0.15) is 8.78 Å². The predicted molar refractivity (Wildman–Crippen MR) is 108 cm³/mol. The number of ether oxygens (including phenoxy) is 2. The highest BCUT2D eigenvalue weighted by Gasteiger charge is 2.19. The van der Waals surface area contributed by atoms with Gasteiger partial charge in [0.2, 0.25) is 5.88 Å². The summed E-state index contributed by atoms with van der Waals surface area (Å²) >= 11 is 11.8. The number of anilines is 2. The fraction of sp³-hybridized carbons (Fsp3) is 0.222. The molecule has 3 aromatic heterocycles. The number of rotatable bonds is 6. The molecule has 1 unspecified atom stereocenters. The minimum atomic E-state index is -3.07. The van der Waals surface area contributed by atoms with Gasteiger partial charge in [-0.25, -0.2) is 14.8 Å². The number of nitrogens with zero attached hydrogens (tertiary/aromatic N) is 3. The first-order valence-corrected chi connectivity index (χ1v) is 9.20. The summed E-state index contributed by atoms with van der Waals surface area (Å²) in [5.74, 6) is -0.449. The van der Waals surface area contributed by atoms with Crippen molar-refractivity contribution in [2.24, 2.45) is 0 Å². The molecule has 2 N–H and O–H groups in total. The SMILES string of the molecule is COC(C)c1c(NC(=O)Nc2cnc(OC(F)F)c(Cl)c2)cnc2ccc(Cl)nc12. The van der Waals surface area contributed by atoms with Crippen LogP contribution in [0.4, 0.5) is 25.0 Å². The number of carbonyl (C=O) groups excluding carboxylic acids is 1. The Bertz CT molecular complexity index is 1090. The van der Waals surface area contributed by atoms with E-state index in [9.17, 15) is 13.6 Å². The summed E-state index contributed by atoms with van der Waals surface area (Å²) < 4.78 is 34.1. The smallest absolute Gasteiger partial charge is 0.388 e. The fourth-order valence-corrected chi connectivity index (χ4v) is 3.00. The second kappa shape index (κ2) is 9.33. The molecule has 0 aliphatic heterocycles. The average Bonchev–Trinajstić information content (AvgIpc) is 2.69. The molecule has 2 amide bonds. The molecule has 3 heterocycles. The van der Waals surface area contributed by atoms with E-state index in [1.54, 1.807) is 19.1 Å². The van der Waals surface area contributed by atoms with Gasteiger partial charge in [0.15, 0.2) is 0 Å². The Morgan fingerprint density at radius 1 is 1.17 bits per heavy atom. The summed E-state index contributed by atoms with van der Waals surface area (Å²) in [5, 5.41) is 5.23. The number of pyridine rings is 3. The lowest BCUT2D eigenvalue weighted by molar-refractivity contribution is -0.0527. The summed E-state index contributed by atoms with van der Waals surface area (Å²) in [7, 11) is 1.52. The standard InChI is InChI=1S/C18H15Cl2F2N5O3/c1-8(29-2)14-12(7-23-11-3-4-13(20)27-15(11)14)26-18(28)25-9-5-10(19)16(24-6-9)30-17(21)22/h3-8,17H,1-2H3,(H2,25,26,28). The van der Waals surface area contributed by atoms with Crippen molar-refractivity contribution < 1.29 is 23.0 Å². The van der Waals surface area contributed by atoms with Crippen molar-refractivity contribution in [3.05, 3.63) is 46.3 Å². The molecule has 3 aromatic rings. The number of amides is 2. The number of hydrogen-bond acceptors (Lipinski definition) is 6. The monoisotopic (exact) mass is 457 g/mol. The lowest BCUT2D eigenvalue weighted by Crippen LogP contribution is -2.21. The lowest BCUT2D eigenvalue weighted by atomic mass is 10.1. The summed E-state index contributed by atoms with van der Waals surface area (Å²) in [6, 6.07) is 3.89. The molecule has 30 heavy (non-hydrogen) atoms. The Kier molecular flexibility index (Phi) is 6.80. The molecule has 12 heteroatoms. The third kappa shape index (κ3) is 5.02. The zero-order valence-electron chi connectivity index (χ0n) is 15.6. The fourth-order valence-electron chi connectivity index (χ4n) is 2.64. The van der Waals surface area contributed by atoms with E-state index in [1.165, 1.54) is 19.4 Å². The van der Waals surface area contributed by atoms with Gasteiger partial charge in [-0.15, -0.1) is 0 Å². The Labute approximate surface area is 179 Å². The zero-order valence-corrected chi connectivity index (χ0v) is 17.1. The van der Waals surface area contributed by atoms with Gasteiger partial charge in [-0.1, -0.05) is 23.2 Å². The molecule has 0 spiro atoms. The third-order valence-electron chi connectivity index (χ3n) is 3.99. The van der Waals surface area contributed by atoms with Gasteiger partial charge in [0, 0.05) is 12.7 Å². The number of urea groups is 1. The normalized spacial score (nSPS) is 12.1. The van der Waals surface area contributed by atoms with Crippen molar-refractivity contribution in [1.29, 1.82) is 0 Å². The molecule has 0 saturated carbocycles. The second-order valence-electron chi connectivity index (χ2n) is 5.93. The van der Waals surface area contributed by atoms with E-state index in [0.29, 0.717) is 22.3 Å². The van der Waals surface area contributed by atoms with Gasteiger partial charge in [0.1, 0.15) is 10.2 Å². The maximum Gasteiger partial charge on any atom is 0.388 e. The van der Waals surface area contributed by atoms with E-state index in [4.69, 9.17) is 27.9 Å². The summed E-state index contributed by atoms with van der Waals surface area (Å²) in [4.78, 5) is 24.7. The summed E-state index contributed by atoms with van der Waals surface area (Å²) in [6.07, 6.45) is 2.16. The second-order valence-corrected chi connectivity index (χ2v) is 6.73. The van der Waals surface area contributed by atoms with Gasteiger partial charge in [-0.05, 0) is 25.1 Å². The van der Waals surface area contributed by atoms with Crippen LogP contribution in [0.5, 0.6) is 5.88 Å². The highest BCUT2D eigenvalue weighted by Crippen LogP contribution is 2.32. The number of fused-ring (bicyclic) bond motifs is 1. The average molecular weight is 458 g/mol. The van der Waals surface area contributed by atoms with E-state index in [0.717, 1.165) is 6.20 Å². The van der Waals surface area contributed by atoms with Crippen LogP contribution >= 0.6 is 23.2 Å². The maximum absolute atomic E-state index is 12.5. The predicted octanol–water partition coefficient (Wildman–Crippen LogP) is 5.28. The van der Waals surface area contributed by atoms with Crippen LogP contribution in [0.25, 0.3) is 11.0 Å². The van der Waals surface area contributed by atoms with Gasteiger partial charge in [-0.3, -0.25) is 4.98 Å². The van der Waals surface area contributed by atoms with Gasteiger partial charge in [0.05, 0.1) is 40.9 Å². The summed E-state index contributed by atoms with van der Waals surface area (Å²) in [5.41, 5.74) is 2.15. The number of halogens is 4. The molecule has 0 radical (unpaired) electrons. The van der Waals surface area contributed by atoms with Crippen molar-refractivity contribution >= 4 is 51.6 Å². The number of nitrogens with one attached hydrogen (secondary N) is 2. The number of alkyl halides is 2. The first-order chi connectivity index (χ1) is 14.3. The molecule has 158 valence electrons. The van der Waals surface area contributed by atoms with E-state index in [-0.39, 0.29) is 15.9 Å². The summed E-state index contributed by atoms with van der Waals surface area (Å²) in [6.45, 7) is -1.29. The van der Waals surface area contributed by atoms with Crippen LogP contribution in [0.15, 0.2) is 30.6 Å². The Morgan fingerprint density at radius 2 is 1.93 bits per heavy atom. The van der Waals surface area contributed by atoms with Crippen LogP contribution in [0.2, 0.25) is 10.2 Å². The molecular formula is C18H15Cl2F2N5O3. The van der Waals surface area contributed by atoms with Crippen molar-refractivity contribution in [2.45, 2.75) is 19.6 Å². The van der Waals surface area contributed by atoms with Crippen LogP contribution in [0, 0.1) is 0 Å². The molecule has 8 nitrogen and oxygen atoms in total. The number of hydrogen-bond donors (Lipinski definition) is 2. The van der Waals surface area contributed by atoms with Crippen molar-refractivity contribution in [3.8, 4) is 5.88 Å². The molecule has 3 rings (SSSR count). The van der Waals surface area contributed by atoms with Gasteiger partial charge in [0.25, 0.3) is 0 Å². The topological polar surface area (TPSA) is 98.3 Å². The van der Waals surface area contributed by atoms with Crippen LogP contribution in [-0.2, 0) is 4.74 Å². The molecular weight excluding hydrogens is 443 g/mol. The van der Waals surface area contributed by atoms with Crippen molar-refractivity contribution in [3.63, 3.8) is 0 Å². The van der Waals surface area contributed by atoms with E-state index >= 15 is 0 Å².